The first kappa shape index (κ1) is 20.2. The third-order valence-electron chi connectivity index (χ3n) is 6.88. The summed E-state index contributed by atoms with van der Waals surface area (Å²) >= 11 is 1.64. The average molecular weight is 410 g/mol. The molecule has 8 heteroatoms. The van der Waals surface area contributed by atoms with Crippen LogP contribution in [0.15, 0.2) is 10.6 Å². The van der Waals surface area contributed by atoms with Gasteiger partial charge in [-0.15, -0.1) is 11.8 Å². The molecule has 7 nitrogen and oxygen atoms in total. The van der Waals surface area contributed by atoms with Crippen LogP contribution in [0.5, 0.6) is 0 Å². The van der Waals surface area contributed by atoms with Gasteiger partial charge in [0.1, 0.15) is 5.70 Å². The maximum atomic E-state index is 12.4. The van der Waals surface area contributed by atoms with Crippen LogP contribution in [-0.4, -0.2) is 94.0 Å². The summed E-state index contributed by atoms with van der Waals surface area (Å²) in [6, 6.07) is -0.212. The number of likely N-dealkylation sites (tertiary alicyclic amines) is 2. The molecular formula is C20H31N3O4S. The molecule has 0 aliphatic carbocycles. The second kappa shape index (κ2) is 7.63. The minimum Gasteiger partial charge on any atom is -0.477 e. The van der Waals surface area contributed by atoms with Crippen LogP contribution in [0.25, 0.3) is 0 Å². The first-order valence-corrected chi connectivity index (χ1v) is 11.2. The lowest BCUT2D eigenvalue weighted by molar-refractivity contribution is -0.163. The molecule has 0 aromatic carbocycles. The fourth-order valence-corrected chi connectivity index (χ4v) is 6.80. The first-order valence-electron chi connectivity index (χ1n) is 10.3. The quantitative estimate of drug-likeness (QED) is 0.631. The van der Waals surface area contributed by atoms with Crippen LogP contribution in [0, 0.1) is 17.8 Å². The Labute approximate surface area is 170 Å². The number of fused-ring (bicyclic) bond motifs is 1. The minimum absolute atomic E-state index is 0.0312. The number of carboxylic acids is 1. The number of β-lactam (4-membered cyclic amide) rings is 1. The van der Waals surface area contributed by atoms with E-state index in [1.807, 2.05) is 6.92 Å². The van der Waals surface area contributed by atoms with Gasteiger partial charge < -0.3 is 24.9 Å². The molecule has 1 amide bonds. The highest BCUT2D eigenvalue weighted by atomic mass is 32.2. The Hall–Kier alpha value is -1.09. The van der Waals surface area contributed by atoms with Crippen molar-refractivity contribution in [2.24, 2.45) is 17.8 Å². The third kappa shape index (κ3) is 3.38. The summed E-state index contributed by atoms with van der Waals surface area (Å²) < 4.78 is 0. The van der Waals surface area contributed by atoms with Gasteiger partial charge in [-0.1, -0.05) is 6.92 Å². The van der Waals surface area contributed by atoms with Gasteiger partial charge in [-0.3, -0.25) is 4.79 Å². The van der Waals surface area contributed by atoms with E-state index in [1.54, 1.807) is 18.7 Å². The lowest BCUT2D eigenvalue weighted by atomic mass is 9.79. The SMILES string of the molecule is C[C@@H](O)[C@H]1C(=O)N2C(C(=O)O)=C(SC3CN(CC4CCN(C)CC4)C3)[C@H](C)[C@H]12. The van der Waals surface area contributed by atoms with Crippen LogP contribution in [0.3, 0.4) is 0 Å². The van der Waals surface area contributed by atoms with E-state index in [-0.39, 0.29) is 23.6 Å². The zero-order valence-electron chi connectivity index (χ0n) is 16.9. The number of thioether (sulfide) groups is 1. The van der Waals surface area contributed by atoms with E-state index in [0.29, 0.717) is 5.25 Å². The van der Waals surface area contributed by atoms with Gasteiger partial charge in [-0.2, -0.15) is 0 Å². The summed E-state index contributed by atoms with van der Waals surface area (Å²) in [5.74, 6) is -1.03. The van der Waals surface area contributed by atoms with Crippen LogP contribution in [0.1, 0.15) is 26.7 Å². The summed E-state index contributed by atoms with van der Waals surface area (Å²) in [4.78, 5) is 31.4. The van der Waals surface area contributed by atoms with Crippen LogP contribution >= 0.6 is 11.8 Å². The fraction of sp³-hybridized carbons (Fsp3) is 0.800. The van der Waals surface area contributed by atoms with Gasteiger partial charge in [0.15, 0.2) is 0 Å². The van der Waals surface area contributed by atoms with Gasteiger partial charge in [0.25, 0.3) is 0 Å². The smallest absolute Gasteiger partial charge is 0.353 e. The van der Waals surface area contributed by atoms with E-state index in [1.165, 1.54) is 30.8 Å². The molecule has 4 heterocycles. The van der Waals surface area contributed by atoms with Crippen LogP contribution in [0.4, 0.5) is 0 Å². The third-order valence-corrected chi connectivity index (χ3v) is 8.33. The van der Waals surface area contributed by atoms with E-state index in [2.05, 4.69) is 16.8 Å². The molecule has 4 aliphatic heterocycles. The molecule has 0 aromatic rings. The maximum Gasteiger partial charge on any atom is 0.353 e. The Balaban J connectivity index is 1.36. The normalized spacial score (nSPS) is 33.6. The molecule has 3 fully saturated rings. The summed E-state index contributed by atoms with van der Waals surface area (Å²) in [7, 11) is 2.18. The van der Waals surface area contributed by atoms with Gasteiger partial charge in [0, 0.05) is 35.7 Å². The number of hydrogen-bond acceptors (Lipinski definition) is 6. The summed E-state index contributed by atoms with van der Waals surface area (Å²) in [5.41, 5.74) is 0.151. The number of aliphatic hydroxyl groups is 1. The molecule has 4 rings (SSSR count). The van der Waals surface area contributed by atoms with Crippen molar-refractivity contribution < 1.29 is 19.8 Å². The zero-order chi connectivity index (χ0) is 20.2. The van der Waals surface area contributed by atoms with Crippen molar-refractivity contribution >= 4 is 23.6 Å². The number of amides is 1. The summed E-state index contributed by atoms with van der Waals surface area (Å²) in [6.45, 7) is 9.08. The zero-order valence-corrected chi connectivity index (χ0v) is 17.7. The number of nitrogens with zero attached hydrogens (tertiary/aromatic N) is 3. The second-order valence-corrected chi connectivity index (χ2v) is 10.3. The highest BCUT2D eigenvalue weighted by Crippen LogP contribution is 2.51. The average Bonchev–Trinajstić information content (AvgIpc) is 2.83. The Morgan fingerprint density at radius 2 is 1.93 bits per heavy atom. The van der Waals surface area contributed by atoms with Crippen molar-refractivity contribution in [2.45, 2.75) is 44.1 Å². The predicted molar refractivity (Wildman–Crippen MR) is 108 cm³/mol. The van der Waals surface area contributed by atoms with E-state index in [9.17, 15) is 19.8 Å². The Bertz CT molecular complexity index is 683. The van der Waals surface area contributed by atoms with Gasteiger partial charge in [0.05, 0.1) is 18.1 Å². The second-order valence-electron chi connectivity index (χ2n) is 8.98. The van der Waals surface area contributed by atoms with Crippen molar-refractivity contribution in [1.29, 1.82) is 0 Å². The molecule has 0 bridgehead atoms. The van der Waals surface area contributed by atoms with Crippen LogP contribution in [0.2, 0.25) is 0 Å². The lowest BCUT2D eigenvalue weighted by Gasteiger charge is -2.46. The number of carboxylic acid groups (broad SMARTS) is 1. The molecule has 28 heavy (non-hydrogen) atoms. The van der Waals surface area contributed by atoms with E-state index in [4.69, 9.17) is 0 Å². The number of carbonyl (C=O) groups excluding carboxylic acids is 1. The monoisotopic (exact) mass is 409 g/mol. The number of aliphatic hydroxyl groups excluding tert-OH is 1. The molecule has 4 atom stereocenters. The number of rotatable bonds is 6. The summed E-state index contributed by atoms with van der Waals surface area (Å²) in [5, 5.41) is 20.0. The van der Waals surface area contributed by atoms with Gasteiger partial charge in [-0.25, -0.2) is 4.79 Å². The largest absolute Gasteiger partial charge is 0.477 e. The van der Waals surface area contributed by atoms with Crippen LogP contribution < -0.4 is 0 Å². The van der Waals surface area contributed by atoms with Crippen molar-refractivity contribution in [2.75, 3.05) is 39.8 Å². The minimum atomic E-state index is -1.03. The van der Waals surface area contributed by atoms with Crippen LogP contribution in [-0.2, 0) is 9.59 Å². The Morgan fingerprint density at radius 1 is 1.29 bits per heavy atom. The topological polar surface area (TPSA) is 84.3 Å². The molecule has 0 radical (unpaired) electrons. The van der Waals surface area contributed by atoms with Gasteiger partial charge in [0.2, 0.25) is 5.91 Å². The molecule has 0 saturated carbocycles. The summed E-state index contributed by atoms with van der Waals surface area (Å²) in [6.07, 6.45) is 1.77. The van der Waals surface area contributed by atoms with Crippen molar-refractivity contribution in [3.05, 3.63) is 10.6 Å². The number of hydrogen-bond donors (Lipinski definition) is 2. The van der Waals surface area contributed by atoms with E-state index in [0.717, 1.165) is 30.5 Å². The molecule has 0 spiro atoms. The predicted octanol–water partition coefficient (Wildman–Crippen LogP) is 0.899. The standard InChI is InChI=1S/C20H31N3O4S/c1-11-16-15(12(2)24)19(25)23(16)17(20(26)27)18(11)28-14-9-22(10-14)8-13-4-6-21(3)7-5-13/h11-16,24H,4-10H2,1-3H3,(H,26,27)/t11-,12-,15-,16-/m1/s1. The molecular weight excluding hydrogens is 378 g/mol. The van der Waals surface area contributed by atoms with Gasteiger partial charge >= 0.3 is 5.97 Å². The van der Waals surface area contributed by atoms with Crippen molar-refractivity contribution in [3.63, 3.8) is 0 Å². The molecule has 2 N–H and O–H groups in total. The van der Waals surface area contributed by atoms with Crippen molar-refractivity contribution in [1.82, 2.24) is 14.7 Å². The number of carbonyl (C=O) groups is 2. The van der Waals surface area contributed by atoms with E-state index >= 15 is 0 Å². The van der Waals surface area contributed by atoms with Gasteiger partial charge in [-0.05, 0) is 45.8 Å². The molecule has 0 unspecified atom stereocenters. The fourth-order valence-electron chi connectivity index (χ4n) is 5.21. The first-order chi connectivity index (χ1) is 13.3. The molecule has 4 aliphatic rings. The van der Waals surface area contributed by atoms with Crippen molar-refractivity contribution in [3.8, 4) is 0 Å². The Kier molecular flexibility index (Phi) is 5.50. The molecule has 3 saturated heterocycles. The number of piperidine rings is 1. The molecule has 156 valence electrons. The Morgan fingerprint density at radius 3 is 2.50 bits per heavy atom. The number of aliphatic carboxylic acids is 1. The maximum absolute atomic E-state index is 12.4. The van der Waals surface area contributed by atoms with E-state index < -0.39 is 18.0 Å². The lowest BCUT2D eigenvalue weighted by Crippen LogP contribution is -2.63. The highest BCUT2D eigenvalue weighted by molar-refractivity contribution is 8.03. The highest BCUT2D eigenvalue weighted by Gasteiger charge is 2.60. The molecule has 0 aromatic heterocycles.